The number of rotatable bonds is 9. The van der Waals surface area contributed by atoms with Crippen molar-refractivity contribution in [3.8, 4) is 0 Å². The molecule has 2 aromatic carbocycles. The van der Waals surface area contributed by atoms with E-state index < -0.39 is 6.04 Å². The van der Waals surface area contributed by atoms with Gasteiger partial charge < -0.3 is 10.2 Å². The summed E-state index contributed by atoms with van der Waals surface area (Å²) in [6.45, 7) is 5.93. The Bertz CT molecular complexity index is 877. The summed E-state index contributed by atoms with van der Waals surface area (Å²) in [5, 5.41) is 4.45. The van der Waals surface area contributed by atoms with Gasteiger partial charge in [-0.25, -0.2) is 0 Å². The zero-order valence-electron chi connectivity index (χ0n) is 17.1. The van der Waals surface area contributed by atoms with E-state index in [9.17, 15) is 9.59 Å². The lowest BCUT2D eigenvalue weighted by Gasteiger charge is -2.29. The minimum atomic E-state index is -0.633. The molecule has 30 heavy (non-hydrogen) atoms. The van der Waals surface area contributed by atoms with E-state index in [1.165, 1.54) is 11.8 Å². The van der Waals surface area contributed by atoms with Crippen LogP contribution < -0.4 is 5.32 Å². The number of amides is 2. The number of thioether (sulfide) groups is 1. The van der Waals surface area contributed by atoms with Crippen LogP contribution in [-0.4, -0.2) is 34.6 Å². The van der Waals surface area contributed by atoms with E-state index in [0.717, 1.165) is 16.9 Å². The van der Waals surface area contributed by atoms with Gasteiger partial charge in [-0.3, -0.25) is 9.59 Å². The summed E-state index contributed by atoms with van der Waals surface area (Å²) >= 11 is 19.5. The Balaban J connectivity index is 2.17. The number of carbonyl (C=O) groups is 2. The average Bonchev–Trinajstić information content (AvgIpc) is 2.73. The standard InChI is InChI=1S/C22H25Cl3N2O2S/c1-4-14(2)26-22(29)15(3)27(12-16-5-10-19(24)20(25)11-16)21(28)13-30-18-8-6-17(23)7-9-18/h5-11,14-15H,4,12-13H2,1-3H3,(H,26,29). The fraction of sp³-hybridized carbons (Fsp3) is 0.364. The van der Waals surface area contributed by atoms with Crippen LogP contribution in [0.4, 0.5) is 0 Å². The lowest BCUT2D eigenvalue weighted by Crippen LogP contribution is -2.50. The van der Waals surface area contributed by atoms with Crippen molar-refractivity contribution < 1.29 is 9.59 Å². The summed E-state index contributed by atoms with van der Waals surface area (Å²) in [6.07, 6.45) is 0.811. The molecule has 0 aliphatic heterocycles. The van der Waals surface area contributed by atoms with Gasteiger partial charge in [-0.2, -0.15) is 0 Å². The van der Waals surface area contributed by atoms with Gasteiger partial charge in [-0.1, -0.05) is 47.8 Å². The number of halogens is 3. The van der Waals surface area contributed by atoms with Gasteiger partial charge >= 0.3 is 0 Å². The van der Waals surface area contributed by atoms with E-state index in [1.807, 2.05) is 26.0 Å². The Morgan fingerprint density at radius 2 is 1.70 bits per heavy atom. The van der Waals surface area contributed by atoms with Crippen LogP contribution in [0.15, 0.2) is 47.4 Å². The highest BCUT2D eigenvalue weighted by molar-refractivity contribution is 8.00. The van der Waals surface area contributed by atoms with E-state index in [0.29, 0.717) is 15.1 Å². The third kappa shape index (κ3) is 7.38. The van der Waals surface area contributed by atoms with E-state index in [-0.39, 0.29) is 30.2 Å². The van der Waals surface area contributed by atoms with E-state index in [2.05, 4.69) is 5.32 Å². The lowest BCUT2D eigenvalue weighted by atomic mass is 10.1. The van der Waals surface area contributed by atoms with Crippen LogP contribution in [0, 0.1) is 0 Å². The summed E-state index contributed by atoms with van der Waals surface area (Å²) in [5.74, 6) is -0.133. The molecular formula is C22H25Cl3N2O2S. The highest BCUT2D eigenvalue weighted by atomic mass is 35.5. The van der Waals surface area contributed by atoms with Crippen molar-refractivity contribution >= 4 is 58.4 Å². The van der Waals surface area contributed by atoms with Crippen molar-refractivity contribution in [1.82, 2.24) is 10.2 Å². The summed E-state index contributed by atoms with van der Waals surface area (Å²) in [7, 11) is 0. The molecule has 2 unspecified atom stereocenters. The summed E-state index contributed by atoms with van der Waals surface area (Å²) in [4.78, 5) is 28.3. The van der Waals surface area contributed by atoms with Crippen molar-refractivity contribution in [3.63, 3.8) is 0 Å². The van der Waals surface area contributed by atoms with Crippen LogP contribution >= 0.6 is 46.6 Å². The summed E-state index contributed by atoms with van der Waals surface area (Å²) in [5.41, 5.74) is 0.803. The van der Waals surface area contributed by atoms with Gasteiger partial charge in [-0.15, -0.1) is 11.8 Å². The van der Waals surface area contributed by atoms with Gasteiger partial charge in [0, 0.05) is 22.5 Å². The average molecular weight is 488 g/mol. The number of benzene rings is 2. The van der Waals surface area contributed by atoms with Crippen LogP contribution in [0.2, 0.25) is 15.1 Å². The molecule has 0 aromatic heterocycles. The fourth-order valence-electron chi connectivity index (χ4n) is 2.64. The van der Waals surface area contributed by atoms with Crippen LogP contribution in [0.25, 0.3) is 0 Å². The SMILES string of the molecule is CCC(C)NC(=O)C(C)N(Cc1ccc(Cl)c(Cl)c1)C(=O)CSc1ccc(Cl)cc1. The zero-order chi connectivity index (χ0) is 22.3. The van der Waals surface area contributed by atoms with E-state index >= 15 is 0 Å². The number of nitrogens with one attached hydrogen (secondary N) is 1. The third-order valence-electron chi connectivity index (χ3n) is 4.68. The van der Waals surface area contributed by atoms with Crippen LogP contribution in [-0.2, 0) is 16.1 Å². The van der Waals surface area contributed by atoms with Crippen LogP contribution in [0.5, 0.6) is 0 Å². The van der Waals surface area contributed by atoms with Gasteiger partial charge in [0.1, 0.15) is 6.04 Å². The third-order valence-corrected chi connectivity index (χ3v) is 6.67. The molecule has 0 heterocycles. The smallest absolute Gasteiger partial charge is 0.242 e. The molecule has 2 amide bonds. The normalized spacial score (nSPS) is 12.9. The molecule has 0 saturated carbocycles. The molecule has 4 nitrogen and oxygen atoms in total. The second-order valence-electron chi connectivity index (χ2n) is 7.01. The maximum Gasteiger partial charge on any atom is 0.242 e. The van der Waals surface area contributed by atoms with E-state index in [1.54, 1.807) is 42.2 Å². The number of nitrogens with zero attached hydrogens (tertiary/aromatic N) is 1. The molecule has 0 radical (unpaired) electrons. The summed E-state index contributed by atoms with van der Waals surface area (Å²) < 4.78 is 0. The molecule has 162 valence electrons. The molecule has 0 aliphatic rings. The molecule has 0 aliphatic carbocycles. The minimum absolute atomic E-state index is 0.0327. The predicted molar refractivity (Wildman–Crippen MR) is 127 cm³/mol. The summed E-state index contributed by atoms with van der Waals surface area (Å²) in [6, 6.07) is 11.9. The monoisotopic (exact) mass is 486 g/mol. The Morgan fingerprint density at radius 1 is 1.03 bits per heavy atom. The molecule has 0 bridgehead atoms. The van der Waals surface area contributed by atoms with Gasteiger partial charge in [-0.05, 0) is 62.2 Å². The van der Waals surface area contributed by atoms with Crippen LogP contribution in [0.3, 0.4) is 0 Å². The van der Waals surface area contributed by atoms with Crippen molar-refractivity contribution in [2.75, 3.05) is 5.75 Å². The minimum Gasteiger partial charge on any atom is -0.352 e. The molecule has 0 fully saturated rings. The molecule has 2 aromatic rings. The van der Waals surface area contributed by atoms with Gasteiger partial charge in [0.2, 0.25) is 11.8 Å². The first kappa shape index (κ1) is 24.9. The highest BCUT2D eigenvalue weighted by Gasteiger charge is 2.27. The first-order valence-electron chi connectivity index (χ1n) is 9.63. The van der Waals surface area contributed by atoms with Crippen molar-refractivity contribution in [1.29, 1.82) is 0 Å². The zero-order valence-corrected chi connectivity index (χ0v) is 20.2. The molecule has 0 saturated heterocycles. The van der Waals surface area contributed by atoms with Gasteiger partial charge in [0.25, 0.3) is 0 Å². The molecule has 2 atom stereocenters. The highest BCUT2D eigenvalue weighted by Crippen LogP contribution is 2.25. The number of hydrogen-bond acceptors (Lipinski definition) is 3. The lowest BCUT2D eigenvalue weighted by molar-refractivity contribution is -0.138. The number of carbonyl (C=O) groups excluding carboxylic acids is 2. The maximum atomic E-state index is 13.1. The molecule has 8 heteroatoms. The second kappa shape index (κ2) is 11.8. The van der Waals surface area contributed by atoms with Gasteiger partial charge in [0.15, 0.2) is 0 Å². The van der Waals surface area contributed by atoms with Crippen molar-refractivity contribution in [2.45, 2.75) is 50.7 Å². The van der Waals surface area contributed by atoms with Gasteiger partial charge in [0.05, 0.1) is 15.8 Å². The fourth-order valence-corrected chi connectivity index (χ4v) is 3.87. The quantitative estimate of drug-likeness (QED) is 0.437. The van der Waals surface area contributed by atoms with Crippen molar-refractivity contribution in [3.05, 3.63) is 63.1 Å². The Labute approximate surface area is 197 Å². The predicted octanol–water partition coefficient (Wildman–Crippen LogP) is 6.07. The van der Waals surface area contributed by atoms with Crippen LogP contribution in [0.1, 0.15) is 32.8 Å². The first-order chi connectivity index (χ1) is 14.2. The van der Waals surface area contributed by atoms with Crippen molar-refractivity contribution in [2.24, 2.45) is 0 Å². The topological polar surface area (TPSA) is 49.4 Å². The second-order valence-corrected chi connectivity index (χ2v) is 9.31. The maximum absolute atomic E-state index is 13.1. The Kier molecular flexibility index (Phi) is 9.82. The largest absolute Gasteiger partial charge is 0.352 e. The molecule has 2 rings (SSSR count). The molecule has 1 N–H and O–H groups in total. The molecule has 0 spiro atoms. The molecular weight excluding hydrogens is 463 g/mol. The Morgan fingerprint density at radius 3 is 2.30 bits per heavy atom. The first-order valence-corrected chi connectivity index (χ1v) is 11.7. The Hall–Kier alpha value is -1.40. The number of hydrogen-bond donors (Lipinski definition) is 1. The van der Waals surface area contributed by atoms with E-state index in [4.69, 9.17) is 34.8 Å².